The number of carbonyl (C=O) groups is 1. The number of thiophene rings is 1. The third-order valence-electron chi connectivity index (χ3n) is 4.62. The summed E-state index contributed by atoms with van der Waals surface area (Å²) < 4.78 is 21.1. The molecule has 0 spiro atoms. The van der Waals surface area contributed by atoms with Crippen molar-refractivity contribution in [3.8, 4) is 5.75 Å². The standard InChI is InChI=1S/C23H15BrFN3O4S/c24-17-5-7-20(32-13-14-3-1-2-4-19(14)25)16(9-17)12-26-27-23(29)22-11-15-10-18(28(30)31)6-8-21(15)33-22/h1-12H,13H2,(H,27,29)/b26-12-. The fourth-order valence-corrected chi connectivity index (χ4v) is 4.31. The Balaban J connectivity index is 1.47. The highest BCUT2D eigenvalue weighted by atomic mass is 79.9. The molecule has 1 heterocycles. The van der Waals surface area contributed by atoms with E-state index in [1.54, 1.807) is 48.5 Å². The Bertz CT molecular complexity index is 1390. The number of nitrogens with one attached hydrogen (secondary N) is 1. The Labute approximate surface area is 199 Å². The summed E-state index contributed by atoms with van der Waals surface area (Å²) in [5.74, 6) is -0.335. The Morgan fingerprint density at radius 3 is 2.79 bits per heavy atom. The molecule has 0 aliphatic heterocycles. The molecule has 166 valence electrons. The summed E-state index contributed by atoms with van der Waals surface area (Å²) in [5, 5.41) is 15.6. The molecule has 0 aliphatic carbocycles. The molecule has 0 saturated carbocycles. The van der Waals surface area contributed by atoms with E-state index in [4.69, 9.17) is 4.74 Å². The van der Waals surface area contributed by atoms with Crippen molar-refractivity contribution in [1.29, 1.82) is 0 Å². The molecule has 7 nitrogen and oxygen atoms in total. The van der Waals surface area contributed by atoms with Gasteiger partial charge in [-0.25, -0.2) is 9.82 Å². The first-order valence-corrected chi connectivity index (χ1v) is 11.2. The third kappa shape index (κ3) is 5.41. The van der Waals surface area contributed by atoms with Gasteiger partial charge in [-0.2, -0.15) is 5.10 Å². The zero-order chi connectivity index (χ0) is 23.4. The molecule has 1 amide bonds. The van der Waals surface area contributed by atoms with Crippen LogP contribution >= 0.6 is 27.3 Å². The molecule has 33 heavy (non-hydrogen) atoms. The van der Waals surface area contributed by atoms with E-state index in [0.29, 0.717) is 27.1 Å². The zero-order valence-electron chi connectivity index (χ0n) is 16.8. The predicted molar refractivity (Wildman–Crippen MR) is 128 cm³/mol. The lowest BCUT2D eigenvalue weighted by Crippen LogP contribution is -2.16. The van der Waals surface area contributed by atoms with E-state index < -0.39 is 10.8 Å². The average Bonchev–Trinajstić information content (AvgIpc) is 3.23. The number of halogens is 2. The third-order valence-corrected chi connectivity index (χ3v) is 6.23. The number of hydrogen-bond donors (Lipinski definition) is 1. The normalized spacial score (nSPS) is 11.1. The molecule has 3 aromatic carbocycles. The molecule has 0 aliphatic rings. The second kappa shape index (κ2) is 9.88. The minimum atomic E-state index is -0.481. The van der Waals surface area contributed by atoms with Crippen LogP contribution in [0.3, 0.4) is 0 Å². The lowest BCUT2D eigenvalue weighted by atomic mass is 10.2. The Morgan fingerprint density at radius 2 is 2.00 bits per heavy atom. The lowest BCUT2D eigenvalue weighted by Gasteiger charge is -2.10. The van der Waals surface area contributed by atoms with Crippen LogP contribution in [0.5, 0.6) is 5.75 Å². The Kier molecular flexibility index (Phi) is 6.76. The van der Waals surface area contributed by atoms with E-state index in [1.165, 1.54) is 35.8 Å². The van der Waals surface area contributed by atoms with Crippen molar-refractivity contribution >= 4 is 55.2 Å². The van der Waals surface area contributed by atoms with Gasteiger partial charge in [0.05, 0.1) is 16.0 Å². The summed E-state index contributed by atoms with van der Waals surface area (Å²) in [6, 6.07) is 17.6. The number of ether oxygens (including phenoxy) is 1. The summed E-state index contributed by atoms with van der Waals surface area (Å²) in [4.78, 5) is 23.3. The highest BCUT2D eigenvalue weighted by Gasteiger charge is 2.13. The van der Waals surface area contributed by atoms with Crippen LogP contribution in [0, 0.1) is 15.9 Å². The van der Waals surface area contributed by atoms with Crippen molar-refractivity contribution in [2.24, 2.45) is 5.10 Å². The van der Waals surface area contributed by atoms with Crippen LogP contribution in [0.15, 0.2) is 76.3 Å². The maximum Gasteiger partial charge on any atom is 0.281 e. The van der Waals surface area contributed by atoms with Crippen LogP contribution in [0.25, 0.3) is 10.1 Å². The number of fused-ring (bicyclic) bond motifs is 1. The first-order chi connectivity index (χ1) is 15.9. The molecule has 4 rings (SSSR count). The second-order valence-electron chi connectivity index (χ2n) is 6.85. The molecular formula is C23H15BrFN3O4S. The van der Waals surface area contributed by atoms with Crippen molar-refractivity contribution in [1.82, 2.24) is 5.43 Å². The first-order valence-electron chi connectivity index (χ1n) is 9.58. The van der Waals surface area contributed by atoms with E-state index in [0.717, 1.165) is 9.17 Å². The molecule has 0 saturated heterocycles. The van der Waals surface area contributed by atoms with Gasteiger partial charge in [-0.05, 0) is 36.4 Å². The van der Waals surface area contributed by atoms with Crippen molar-refractivity contribution < 1.29 is 18.8 Å². The van der Waals surface area contributed by atoms with Crippen molar-refractivity contribution in [3.05, 3.63) is 103 Å². The van der Waals surface area contributed by atoms with E-state index in [9.17, 15) is 19.3 Å². The van der Waals surface area contributed by atoms with Crippen molar-refractivity contribution in [2.45, 2.75) is 6.61 Å². The highest BCUT2D eigenvalue weighted by molar-refractivity contribution is 9.10. The van der Waals surface area contributed by atoms with Gasteiger partial charge in [0, 0.05) is 37.8 Å². The van der Waals surface area contributed by atoms with Gasteiger partial charge in [-0.15, -0.1) is 11.3 Å². The second-order valence-corrected chi connectivity index (χ2v) is 8.85. The van der Waals surface area contributed by atoms with Crippen molar-refractivity contribution in [3.63, 3.8) is 0 Å². The number of carbonyl (C=O) groups excluding carboxylic acids is 1. The van der Waals surface area contributed by atoms with Crippen molar-refractivity contribution in [2.75, 3.05) is 0 Å². The van der Waals surface area contributed by atoms with Crippen LogP contribution in [-0.2, 0) is 6.61 Å². The maximum absolute atomic E-state index is 13.9. The quantitative estimate of drug-likeness (QED) is 0.179. The number of hydrogen-bond acceptors (Lipinski definition) is 6. The lowest BCUT2D eigenvalue weighted by molar-refractivity contribution is -0.384. The molecule has 0 unspecified atom stereocenters. The largest absolute Gasteiger partial charge is 0.488 e. The number of amides is 1. The van der Waals surface area contributed by atoms with Gasteiger partial charge in [0.1, 0.15) is 18.2 Å². The summed E-state index contributed by atoms with van der Waals surface area (Å²) >= 11 is 4.59. The average molecular weight is 528 g/mol. The topological polar surface area (TPSA) is 93.8 Å². The predicted octanol–water partition coefficient (Wildman–Crippen LogP) is 6.05. The molecule has 0 atom stereocenters. The minimum absolute atomic E-state index is 0.0371. The number of nitro benzene ring substituents is 1. The summed E-state index contributed by atoms with van der Waals surface area (Å²) in [6.45, 7) is 0.0371. The van der Waals surface area contributed by atoms with Gasteiger partial charge in [0.2, 0.25) is 0 Å². The van der Waals surface area contributed by atoms with Crippen LogP contribution in [0.2, 0.25) is 0 Å². The Morgan fingerprint density at radius 1 is 1.18 bits per heavy atom. The molecule has 0 fully saturated rings. The number of nitro groups is 1. The summed E-state index contributed by atoms with van der Waals surface area (Å²) in [5.41, 5.74) is 3.41. The number of non-ortho nitro benzene ring substituents is 1. The van der Waals surface area contributed by atoms with Crippen LogP contribution in [-0.4, -0.2) is 17.0 Å². The molecule has 1 N–H and O–H groups in total. The molecule has 0 bridgehead atoms. The van der Waals surface area contributed by atoms with Gasteiger partial charge in [0.25, 0.3) is 11.6 Å². The van der Waals surface area contributed by atoms with E-state index in [-0.39, 0.29) is 18.1 Å². The van der Waals surface area contributed by atoms with E-state index in [1.807, 2.05) is 0 Å². The number of nitrogens with zero attached hydrogens (tertiary/aromatic N) is 2. The Hall–Kier alpha value is -3.63. The SMILES string of the molecule is O=C(N/N=C\c1cc(Br)ccc1OCc1ccccc1F)c1cc2cc([N+](=O)[O-])ccc2s1. The van der Waals surface area contributed by atoms with E-state index >= 15 is 0 Å². The molecule has 1 aromatic heterocycles. The number of benzene rings is 3. The number of hydrazone groups is 1. The van der Waals surface area contributed by atoms with E-state index in [2.05, 4.69) is 26.5 Å². The molecule has 0 radical (unpaired) electrons. The molecular weight excluding hydrogens is 513 g/mol. The highest BCUT2D eigenvalue weighted by Crippen LogP contribution is 2.29. The van der Waals surface area contributed by atoms with Crippen LogP contribution < -0.4 is 10.2 Å². The van der Waals surface area contributed by atoms with Gasteiger partial charge in [-0.1, -0.05) is 34.1 Å². The number of rotatable bonds is 7. The fourth-order valence-electron chi connectivity index (χ4n) is 2.99. The monoisotopic (exact) mass is 527 g/mol. The maximum atomic E-state index is 13.9. The van der Waals surface area contributed by atoms with Gasteiger partial charge in [-0.3, -0.25) is 14.9 Å². The fraction of sp³-hybridized carbons (Fsp3) is 0.0435. The van der Waals surface area contributed by atoms with Gasteiger partial charge in [0.15, 0.2) is 0 Å². The first kappa shape index (κ1) is 22.6. The van der Waals surface area contributed by atoms with Crippen LogP contribution in [0.4, 0.5) is 10.1 Å². The zero-order valence-corrected chi connectivity index (χ0v) is 19.2. The smallest absolute Gasteiger partial charge is 0.281 e. The summed E-state index contributed by atoms with van der Waals surface area (Å²) in [7, 11) is 0. The van der Waals surface area contributed by atoms with Gasteiger partial charge < -0.3 is 4.74 Å². The summed E-state index contributed by atoms with van der Waals surface area (Å²) in [6.07, 6.45) is 1.43. The molecule has 4 aromatic rings. The van der Waals surface area contributed by atoms with Crippen LogP contribution in [0.1, 0.15) is 20.8 Å². The molecule has 10 heteroatoms. The van der Waals surface area contributed by atoms with Gasteiger partial charge >= 0.3 is 0 Å². The minimum Gasteiger partial charge on any atom is -0.488 e.